The van der Waals surface area contributed by atoms with E-state index >= 15 is 0 Å². The fourth-order valence-electron chi connectivity index (χ4n) is 4.09. The molecule has 0 radical (unpaired) electrons. The Morgan fingerprint density at radius 3 is 2.68 bits per heavy atom. The fourth-order valence-corrected chi connectivity index (χ4v) is 4.09. The smallest absolute Gasteiger partial charge is 0.305 e. The van der Waals surface area contributed by atoms with Crippen LogP contribution in [0.2, 0.25) is 0 Å². The van der Waals surface area contributed by atoms with E-state index in [1.54, 1.807) is 54.4 Å². The van der Waals surface area contributed by atoms with Gasteiger partial charge in [-0.25, -0.2) is 0 Å². The number of carbonyl (C=O) groups is 3. The number of carboxylic acids is 1. The summed E-state index contributed by atoms with van der Waals surface area (Å²) in [5, 5.41) is 11.9. The fraction of sp³-hybridized carbons (Fsp3) is 0.348. The Morgan fingerprint density at radius 2 is 1.94 bits per heavy atom. The lowest BCUT2D eigenvalue weighted by molar-refractivity contribution is -0.148. The van der Waals surface area contributed by atoms with Crippen LogP contribution in [0.15, 0.2) is 48.5 Å². The average molecular weight is 424 g/mol. The third-order valence-electron chi connectivity index (χ3n) is 5.71. The second-order valence-corrected chi connectivity index (χ2v) is 7.80. The van der Waals surface area contributed by atoms with E-state index in [1.807, 2.05) is 6.07 Å². The Bertz CT molecular complexity index is 993. The minimum absolute atomic E-state index is 0.0675. The number of amides is 2. The second kappa shape index (κ2) is 8.77. The summed E-state index contributed by atoms with van der Waals surface area (Å²) >= 11 is 0. The number of rotatable bonds is 4. The van der Waals surface area contributed by atoms with Crippen molar-refractivity contribution in [1.29, 1.82) is 0 Å². The lowest BCUT2D eigenvalue weighted by Gasteiger charge is -2.42. The molecule has 8 nitrogen and oxygen atoms in total. The highest BCUT2D eigenvalue weighted by atomic mass is 16.5. The van der Waals surface area contributed by atoms with E-state index in [1.165, 1.54) is 0 Å². The monoisotopic (exact) mass is 424 g/mol. The Morgan fingerprint density at radius 1 is 1.16 bits per heavy atom. The van der Waals surface area contributed by atoms with E-state index in [9.17, 15) is 14.4 Å². The first-order chi connectivity index (χ1) is 14.9. The van der Waals surface area contributed by atoms with Crippen molar-refractivity contribution >= 4 is 23.5 Å². The number of aliphatic carboxylic acids is 1. The molecule has 3 atom stereocenters. The summed E-state index contributed by atoms with van der Waals surface area (Å²) in [5.74, 6) is -1.01. The molecule has 2 aromatic rings. The molecule has 0 saturated carbocycles. The zero-order valence-corrected chi connectivity index (χ0v) is 17.1. The van der Waals surface area contributed by atoms with Gasteiger partial charge in [0.15, 0.2) is 0 Å². The van der Waals surface area contributed by atoms with Crippen LogP contribution in [-0.2, 0) is 9.53 Å². The highest BCUT2D eigenvalue weighted by molar-refractivity contribution is 6.05. The topological polar surface area (TPSA) is 105 Å². The molecule has 2 heterocycles. The van der Waals surface area contributed by atoms with Crippen LogP contribution in [0.3, 0.4) is 0 Å². The van der Waals surface area contributed by atoms with E-state index in [0.717, 1.165) is 0 Å². The van der Waals surface area contributed by atoms with Crippen LogP contribution in [0.25, 0.3) is 0 Å². The van der Waals surface area contributed by atoms with Gasteiger partial charge in [0.1, 0.15) is 18.5 Å². The van der Waals surface area contributed by atoms with Crippen molar-refractivity contribution in [2.45, 2.75) is 37.5 Å². The lowest BCUT2D eigenvalue weighted by Crippen LogP contribution is -2.53. The van der Waals surface area contributed by atoms with Crippen molar-refractivity contribution < 1.29 is 29.0 Å². The number of nitrogens with zero attached hydrogens (tertiary/aromatic N) is 1. The highest BCUT2D eigenvalue weighted by Gasteiger charge is 2.39. The van der Waals surface area contributed by atoms with Gasteiger partial charge >= 0.3 is 5.97 Å². The number of ether oxygens (including phenoxy) is 2. The SMILES string of the molecule is CN1C(=O)c2cc(NC(=O)c3ccccc3)ccc2OC[C@@H]2O[C@@H](CC(=O)O)CC[C@H]21. The maximum absolute atomic E-state index is 13.2. The van der Waals surface area contributed by atoms with Gasteiger partial charge in [-0.05, 0) is 43.2 Å². The largest absolute Gasteiger partial charge is 0.490 e. The Balaban J connectivity index is 1.54. The second-order valence-electron chi connectivity index (χ2n) is 7.80. The van der Waals surface area contributed by atoms with Crippen LogP contribution in [0, 0.1) is 0 Å². The molecule has 162 valence electrons. The molecule has 1 fully saturated rings. The van der Waals surface area contributed by atoms with Gasteiger partial charge in [0.25, 0.3) is 11.8 Å². The maximum Gasteiger partial charge on any atom is 0.305 e. The molecule has 0 spiro atoms. The average Bonchev–Trinajstić information content (AvgIpc) is 2.77. The number of likely N-dealkylation sites (N-methyl/N-ethyl adjacent to an activating group) is 1. The van der Waals surface area contributed by atoms with Crippen molar-refractivity contribution in [1.82, 2.24) is 4.90 Å². The van der Waals surface area contributed by atoms with Crippen molar-refractivity contribution in [3.8, 4) is 5.75 Å². The molecule has 8 heteroatoms. The summed E-state index contributed by atoms with van der Waals surface area (Å²) in [7, 11) is 1.71. The minimum Gasteiger partial charge on any atom is -0.490 e. The number of carbonyl (C=O) groups excluding carboxylic acids is 2. The van der Waals surface area contributed by atoms with Crippen LogP contribution < -0.4 is 10.1 Å². The standard InChI is InChI=1S/C23H24N2O6/c1-25-18-9-8-16(12-21(26)27)31-20(18)13-30-19-10-7-15(11-17(19)23(25)29)24-22(28)14-5-3-2-4-6-14/h2-7,10-11,16,18,20H,8-9,12-13H2,1H3,(H,24,28)(H,26,27)/t16-,18-,20+/m1/s1. The molecule has 0 aromatic heterocycles. The van der Waals surface area contributed by atoms with E-state index in [0.29, 0.717) is 35.4 Å². The van der Waals surface area contributed by atoms with Gasteiger partial charge < -0.3 is 24.8 Å². The van der Waals surface area contributed by atoms with E-state index in [-0.39, 0.29) is 37.0 Å². The van der Waals surface area contributed by atoms with Crippen molar-refractivity contribution in [2.24, 2.45) is 0 Å². The predicted octanol–water partition coefficient (Wildman–Crippen LogP) is 2.79. The van der Waals surface area contributed by atoms with Crippen molar-refractivity contribution in [3.63, 3.8) is 0 Å². The van der Waals surface area contributed by atoms with Gasteiger partial charge in [0, 0.05) is 18.3 Å². The van der Waals surface area contributed by atoms with E-state index in [2.05, 4.69) is 5.32 Å². The van der Waals surface area contributed by atoms with Crippen LogP contribution in [-0.4, -0.2) is 59.7 Å². The zero-order chi connectivity index (χ0) is 22.0. The van der Waals surface area contributed by atoms with Gasteiger partial charge in [-0.15, -0.1) is 0 Å². The first-order valence-electron chi connectivity index (χ1n) is 10.2. The number of hydrogen-bond acceptors (Lipinski definition) is 5. The third-order valence-corrected chi connectivity index (χ3v) is 5.71. The number of anilines is 1. The Hall–Kier alpha value is -3.39. The van der Waals surface area contributed by atoms with Gasteiger partial charge in [-0.2, -0.15) is 0 Å². The summed E-state index contributed by atoms with van der Waals surface area (Å²) in [4.78, 5) is 38.3. The first-order valence-corrected chi connectivity index (χ1v) is 10.2. The van der Waals surface area contributed by atoms with Crippen LogP contribution in [0.1, 0.15) is 40.0 Å². The molecule has 4 rings (SSSR count). The normalized spacial score (nSPS) is 22.9. The molecule has 2 amide bonds. The molecule has 1 saturated heterocycles. The van der Waals surface area contributed by atoms with Gasteiger partial charge in [-0.3, -0.25) is 14.4 Å². The number of carboxylic acid groups (broad SMARTS) is 1. The van der Waals surface area contributed by atoms with Crippen LogP contribution >= 0.6 is 0 Å². The summed E-state index contributed by atoms with van der Waals surface area (Å²) in [6, 6.07) is 13.6. The number of benzene rings is 2. The molecular weight excluding hydrogens is 400 g/mol. The maximum atomic E-state index is 13.2. The molecular formula is C23H24N2O6. The molecule has 2 aliphatic heterocycles. The van der Waals surface area contributed by atoms with Gasteiger partial charge in [0.05, 0.1) is 24.1 Å². The first kappa shape index (κ1) is 20.9. The highest BCUT2D eigenvalue weighted by Crippen LogP contribution is 2.32. The van der Waals surface area contributed by atoms with Crippen LogP contribution in [0.5, 0.6) is 5.75 Å². The minimum atomic E-state index is -0.907. The van der Waals surface area contributed by atoms with Crippen LogP contribution in [0.4, 0.5) is 5.69 Å². The Kier molecular flexibility index (Phi) is 5.90. The molecule has 2 aliphatic rings. The number of fused-ring (bicyclic) bond motifs is 2. The van der Waals surface area contributed by atoms with E-state index < -0.39 is 12.1 Å². The summed E-state index contributed by atoms with van der Waals surface area (Å²) in [6.45, 7) is 0.209. The molecule has 31 heavy (non-hydrogen) atoms. The molecule has 2 N–H and O–H groups in total. The van der Waals surface area contributed by atoms with Crippen molar-refractivity contribution in [3.05, 3.63) is 59.7 Å². The quantitative estimate of drug-likeness (QED) is 0.782. The molecule has 0 bridgehead atoms. The van der Waals surface area contributed by atoms with Crippen molar-refractivity contribution in [2.75, 3.05) is 19.0 Å². The Labute approximate surface area is 179 Å². The lowest BCUT2D eigenvalue weighted by atomic mass is 9.94. The summed E-state index contributed by atoms with van der Waals surface area (Å²) < 4.78 is 11.8. The molecule has 2 aromatic carbocycles. The van der Waals surface area contributed by atoms with E-state index in [4.69, 9.17) is 14.6 Å². The summed E-state index contributed by atoms with van der Waals surface area (Å²) in [6.07, 6.45) is 0.332. The molecule has 0 aliphatic carbocycles. The molecule has 0 unspecified atom stereocenters. The van der Waals surface area contributed by atoms with Gasteiger partial charge in [-0.1, -0.05) is 18.2 Å². The predicted molar refractivity (Wildman–Crippen MR) is 112 cm³/mol. The number of hydrogen-bond donors (Lipinski definition) is 2. The number of nitrogens with one attached hydrogen (secondary N) is 1. The van der Waals surface area contributed by atoms with Gasteiger partial charge in [0.2, 0.25) is 0 Å². The summed E-state index contributed by atoms with van der Waals surface area (Å²) in [5.41, 5.74) is 1.38. The zero-order valence-electron chi connectivity index (χ0n) is 17.1. The third kappa shape index (κ3) is 4.54.